The molecular formula is C15H14N4. The molecule has 0 unspecified atom stereocenters. The number of fused-ring (bicyclic) bond motifs is 2. The second kappa shape index (κ2) is 4.16. The Bertz CT molecular complexity index is 739. The van der Waals surface area contributed by atoms with Crippen LogP contribution >= 0.6 is 0 Å². The average molecular weight is 250 g/mol. The molecule has 94 valence electrons. The molecule has 0 saturated heterocycles. The highest BCUT2D eigenvalue weighted by Crippen LogP contribution is 2.31. The largest absolute Gasteiger partial charge is 0.276 e. The first-order valence-corrected chi connectivity index (χ1v) is 6.70. The fourth-order valence-corrected chi connectivity index (χ4v) is 2.87. The third kappa shape index (κ3) is 1.63. The minimum Gasteiger partial charge on any atom is -0.276 e. The van der Waals surface area contributed by atoms with Gasteiger partial charge in [-0.05, 0) is 31.7 Å². The third-order valence-electron chi connectivity index (χ3n) is 3.82. The van der Waals surface area contributed by atoms with Gasteiger partial charge in [-0.3, -0.25) is 5.10 Å². The molecule has 0 radical (unpaired) electrons. The molecule has 0 bridgehead atoms. The highest BCUT2D eigenvalue weighted by molar-refractivity contribution is 5.91. The highest BCUT2D eigenvalue weighted by Gasteiger charge is 2.19. The summed E-state index contributed by atoms with van der Waals surface area (Å²) >= 11 is 0. The number of aromatic amines is 1. The number of hydrogen-bond donors (Lipinski definition) is 1. The van der Waals surface area contributed by atoms with Gasteiger partial charge in [0, 0.05) is 10.9 Å². The summed E-state index contributed by atoms with van der Waals surface area (Å²) < 4.78 is 0. The first kappa shape index (κ1) is 10.7. The van der Waals surface area contributed by atoms with E-state index in [1.165, 1.54) is 24.1 Å². The summed E-state index contributed by atoms with van der Waals surface area (Å²) in [6.45, 7) is 0. The molecule has 4 rings (SSSR count). The van der Waals surface area contributed by atoms with Crippen LogP contribution in [0.5, 0.6) is 0 Å². The number of benzene rings is 1. The maximum Gasteiger partial charge on any atom is 0.116 e. The first-order valence-electron chi connectivity index (χ1n) is 6.70. The zero-order chi connectivity index (χ0) is 12.7. The summed E-state index contributed by atoms with van der Waals surface area (Å²) in [5, 5.41) is 8.72. The molecule has 0 atom stereocenters. The number of para-hydroxylation sites is 1. The van der Waals surface area contributed by atoms with Gasteiger partial charge in [-0.1, -0.05) is 18.2 Å². The summed E-state index contributed by atoms with van der Waals surface area (Å²) in [6.07, 6.45) is 6.28. The summed E-state index contributed by atoms with van der Waals surface area (Å²) in [4.78, 5) is 8.79. The van der Waals surface area contributed by atoms with E-state index < -0.39 is 0 Å². The lowest BCUT2D eigenvalue weighted by Crippen LogP contribution is -2.01. The number of hydrogen-bond acceptors (Lipinski definition) is 3. The van der Waals surface area contributed by atoms with Crippen molar-refractivity contribution in [1.29, 1.82) is 0 Å². The monoisotopic (exact) mass is 250 g/mol. The molecule has 1 aliphatic rings. The highest BCUT2D eigenvalue weighted by atomic mass is 15.1. The van der Waals surface area contributed by atoms with Crippen molar-refractivity contribution in [1.82, 2.24) is 20.2 Å². The van der Waals surface area contributed by atoms with Crippen LogP contribution in [0.3, 0.4) is 0 Å². The van der Waals surface area contributed by atoms with Gasteiger partial charge in [0.25, 0.3) is 0 Å². The smallest absolute Gasteiger partial charge is 0.116 e. The maximum absolute atomic E-state index is 4.48. The van der Waals surface area contributed by atoms with Crippen LogP contribution in [-0.4, -0.2) is 20.2 Å². The second-order valence-corrected chi connectivity index (χ2v) is 4.97. The Morgan fingerprint density at radius 3 is 2.89 bits per heavy atom. The molecule has 2 heterocycles. The molecule has 4 heteroatoms. The van der Waals surface area contributed by atoms with E-state index in [0.29, 0.717) is 0 Å². The van der Waals surface area contributed by atoms with E-state index in [9.17, 15) is 0 Å². The van der Waals surface area contributed by atoms with Crippen LogP contribution < -0.4 is 0 Å². The van der Waals surface area contributed by atoms with Crippen LogP contribution in [0.4, 0.5) is 0 Å². The Kier molecular flexibility index (Phi) is 2.33. The topological polar surface area (TPSA) is 54.5 Å². The van der Waals surface area contributed by atoms with E-state index in [-0.39, 0.29) is 0 Å². The zero-order valence-electron chi connectivity index (χ0n) is 10.6. The van der Waals surface area contributed by atoms with Gasteiger partial charge in [0.05, 0.1) is 22.6 Å². The van der Waals surface area contributed by atoms with Gasteiger partial charge in [0.2, 0.25) is 0 Å². The fraction of sp³-hybridized carbons (Fsp3) is 0.267. The Labute approximate surface area is 110 Å². The van der Waals surface area contributed by atoms with Gasteiger partial charge in [0.15, 0.2) is 0 Å². The van der Waals surface area contributed by atoms with Gasteiger partial charge in [-0.15, -0.1) is 0 Å². The zero-order valence-corrected chi connectivity index (χ0v) is 10.6. The molecule has 0 amide bonds. The molecule has 0 saturated carbocycles. The van der Waals surface area contributed by atoms with Crippen LogP contribution in [0.1, 0.15) is 24.1 Å². The Morgan fingerprint density at radius 2 is 1.89 bits per heavy atom. The summed E-state index contributed by atoms with van der Waals surface area (Å²) in [5.74, 6) is 0. The van der Waals surface area contributed by atoms with Gasteiger partial charge in [0.1, 0.15) is 6.33 Å². The molecule has 3 aromatic rings. The SMILES string of the molecule is c1ccc2c(-c3[nH]nc4c3CCCC4)ncnc2c1. The maximum atomic E-state index is 4.48. The number of H-pyrrole nitrogens is 1. The van der Waals surface area contributed by atoms with Gasteiger partial charge in [-0.25, -0.2) is 9.97 Å². The average Bonchev–Trinajstić information content (AvgIpc) is 2.90. The van der Waals surface area contributed by atoms with Gasteiger partial charge >= 0.3 is 0 Å². The van der Waals surface area contributed by atoms with Gasteiger partial charge in [-0.2, -0.15) is 5.10 Å². The van der Waals surface area contributed by atoms with E-state index in [1.807, 2.05) is 18.2 Å². The molecule has 1 aromatic carbocycles. The number of nitrogens with zero attached hydrogens (tertiary/aromatic N) is 3. The van der Waals surface area contributed by atoms with Crippen molar-refractivity contribution in [3.8, 4) is 11.4 Å². The molecular weight excluding hydrogens is 236 g/mol. The number of rotatable bonds is 1. The molecule has 1 aliphatic carbocycles. The number of aromatic nitrogens is 4. The second-order valence-electron chi connectivity index (χ2n) is 4.97. The Hall–Kier alpha value is -2.23. The Balaban J connectivity index is 1.98. The van der Waals surface area contributed by atoms with Crippen LogP contribution in [0.25, 0.3) is 22.3 Å². The van der Waals surface area contributed by atoms with Crippen molar-refractivity contribution >= 4 is 10.9 Å². The predicted octanol–water partition coefficient (Wildman–Crippen LogP) is 2.90. The minimum atomic E-state index is 0.973. The Morgan fingerprint density at radius 1 is 1.00 bits per heavy atom. The normalized spacial score (nSPS) is 14.5. The van der Waals surface area contributed by atoms with E-state index in [4.69, 9.17) is 0 Å². The van der Waals surface area contributed by atoms with Crippen LogP contribution in [0.15, 0.2) is 30.6 Å². The van der Waals surface area contributed by atoms with E-state index in [1.54, 1.807) is 6.33 Å². The third-order valence-corrected chi connectivity index (χ3v) is 3.82. The van der Waals surface area contributed by atoms with Crippen LogP contribution in [0, 0.1) is 0 Å². The van der Waals surface area contributed by atoms with Crippen molar-refractivity contribution in [2.45, 2.75) is 25.7 Å². The standard InChI is InChI=1S/C15H14N4/c1-3-7-12-10(5-1)14(17-9-16-12)15-11-6-2-4-8-13(11)18-19-15/h1,3,5,7,9H,2,4,6,8H2,(H,18,19). The molecule has 1 N–H and O–H groups in total. The molecule has 4 nitrogen and oxygen atoms in total. The lowest BCUT2D eigenvalue weighted by Gasteiger charge is -2.11. The number of nitrogens with one attached hydrogen (secondary N) is 1. The predicted molar refractivity (Wildman–Crippen MR) is 73.8 cm³/mol. The summed E-state index contributed by atoms with van der Waals surface area (Å²) in [5.41, 5.74) is 5.58. The van der Waals surface area contributed by atoms with Crippen molar-refractivity contribution in [3.05, 3.63) is 41.9 Å². The minimum absolute atomic E-state index is 0.973. The lowest BCUT2D eigenvalue weighted by atomic mass is 9.94. The van der Waals surface area contributed by atoms with Crippen molar-refractivity contribution < 1.29 is 0 Å². The molecule has 0 aliphatic heterocycles. The van der Waals surface area contributed by atoms with Crippen LogP contribution in [-0.2, 0) is 12.8 Å². The first-order chi connectivity index (χ1) is 9.43. The summed E-state index contributed by atoms with van der Waals surface area (Å²) in [7, 11) is 0. The van der Waals surface area contributed by atoms with E-state index >= 15 is 0 Å². The molecule has 2 aromatic heterocycles. The van der Waals surface area contributed by atoms with Gasteiger partial charge < -0.3 is 0 Å². The summed E-state index contributed by atoms with van der Waals surface area (Å²) in [6, 6.07) is 8.11. The molecule has 0 fully saturated rings. The van der Waals surface area contributed by atoms with Crippen molar-refractivity contribution in [3.63, 3.8) is 0 Å². The van der Waals surface area contributed by atoms with Crippen LogP contribution in [0.2, 0.25) is 0 Å². The molecule has 0 spiro atoms. The van der Waals surface area contributed by atoms with E-state index in [0.717, 1.165) is 35.1 Å². The van der Waals surface area contributed by atoms with Crippen molar-refractivity contribution in [2.75, 3.05) is 0 Å². The molecule has 19 heavy (non-hydrogen) atoms. The number of aryl methyl sites for hydroxylation is 1. The van der Waals surface area contributed by atoms with Crippen molar-refractivity contribution in [2.24, 2.45) is 0 Å². The fourth-order valence-electron chi connectivity index (χ4n) is 2.87. The lowest BCUT2D eigenvalue weighted by molar-refractivity contribution is 0.675. The van der Waals surface area contributed by atoms with E-state index in [2.05, 4.69) is 26.2 Å². The quantitative estimate of drug-likeness (QED) is 0.722.